The first-order valence-corrected chi connectivity index (χ1v) is 21.3. The molecule has 3 atom stereocenters. The largest absolute Gasteiger partial charge is 0.311 e. The molecule has 2 nitrogen and oxygen atoms in total. The molecule has 0 fully saturated rings. The van der Waals surface area contributed by atoms with Crippen LogP contribution >= 0.6 is 0 Å². The topological polar surface area (TPSA) is 27.0 Å². The summed E-state index contributed by atoms with van der Waals surface area (Å²) in [5.41, 5.74) is 22.2. The van der Waals surface area contributed by atoms with E-state index in [2.05, 4.69) is 207 Å². The number of allylic oxidation sites excluding steroid dienone is 10. The molecular formula is C57H41BN2. The molecule has 3 unspecified atom stereocenters. The minimum absolute atomic E-state index is 0.0476. The third-order valence-electron chi connectivity index (χ3n) is 13.9. The van der Waals surface area contributed by atoms with Crippen LogP contribution in [0.15, 0.2) is 188 Å². The van der Waals surface area contributed by atoms with Gasteiger partial charge >= 0.3 is 0 Å². The number of nitriles is 1. The number of anilines is 3. The summed E-state index contributed by atoms with van der Waals surface area (Å²) in [6.07, 6.45) is 19.5. The molecule has 2 aliphatic heterocycles. The van der Waals surface area contributed by atoms with E-state index >= 15 is 0 Å². The van der Waals surface area contributed by atoms with Crippen molar-refractivity contribution in [2.45, 2.75) is 26.2 Å². The molecular weight excluding hydrogens is 723 g/mol. The summed E-state index contributed by atoms with van der Waals surface area (Å²) in [6, 6.07) is 52.2. The molecule has 0 spiro atoms. The van der Waals surface area contributed by atoms with Gasteiger partial charge in [-0.25, -0.2) is 0 Å². The Kier molecular flexibility index (Phi) is 7.81. The van der Waals surface area contributed by atoms with Crippen molar-refractivity contribution in [3.63, 3.8) is 0 Å². The van der Waals surface area contributed by atoms with Crippen LogP contribution in [0.4, 0.5) is 17.1 Å². The number of benzene rings is 7. The zero-order valence-corrected chi connectivity index (χ0v) is 33.7. The van der Waals surface area contributed by atoms with Crippen molar-refractivity contribution < 1.29 is 0 Å². The summed E-state index contributed by atoms with van der Waals surface area (Å²) in [5, 5.41) is 13.3. The maximum atomic E-state index is 10.8. The van der Waals surface area contributed by atoms with Gasteiger partial charge in [0, 0.05) is 29.1 Å². The maximum Gasteiger partial charge on any atom is 0.248 e. The zero-order chi connectivity index (χ0) is 40.1. The average molecular weight is 765 g/mol. The molecule has 0 saturated heterocycles. The van der Waals surface area contributed by atoms with Crippen LogP contribution in [-0.4, -0.2) is 6.71 Å². The van der Waals surface area contributed by atoms with Crippen molar-refractivity contribution in [2.75, 3.05) is 4.90 Å². The van der Waals surface area contributed by atoms with Crippen molar-refractivity contribution in [2.24, 2.45) is 11.8 Å². The third kappa shape index (κ3) is 5.01. The SMILES string of the molecule is Cc1cccc(C)c1N1c2cc3c(cc2B2c4c(cc(C#N)cc41)-c1cccc4c(-c5ccccc5)ccc2c14)C(C1C=CC=CC1)=C1C=CC=CC1C3c1ccccc1. The van der Waals surface area contributed by atoms with Crippen LogP contribution < -0.4 is 21.3 Å². The Bertz CT molecular complexity index is 3150. The van der Waals surface area contributed by atoms with Crippen molar-refractivity contribution in [3.8, 4) is 28.3 Å². The molecule has 3 aliphatic carbocycles. The zero-order valence-electron chi connectivity index (χ0n) is 33.7. The average Bonchev–Trinajstić information content (AvgIpc) is 3.30. The Labute approximate surface area is 352 Å². The van der Waals surface area contributed by atoms with E-state index in [0.717, 1.165) is 17.7 Å². The predicted molar refractivity (Wildman–Crippen MR) is 252 cm³/mol. The second-order valence-corrected chi connectivity index (χ2v) is 17.1. The van der Waals surface area contributed by atoms with Gasteiger partial charge in [0.15, 0.2) is 0 Å². The first-order valence-electron chi connectivity index (χ1n) is 21.3. The lowest BCUT2D eigenvalue weighted by Crippen LogP contribution is -2.60. The molecule has 60 heavy (non-hydrogen) atoms. The number of hydrogen-bond donors (Lipinski definition) is 0. The van der Waals surface area contributed by atoms with Gasteiger partial charge in [-0.05, 0) is 121 Å². The molecule has 0 bridgehead atoms. The van der Waals surface area contributed by atoms with E-state index < -0.39 is 0 Å². The highest BCUT2D eigenvalue weighted by atomic mass is 15.2. The van der Waals surface area contributed by atoms with E-state index in [1.165, 1.54) is 94.2 Å². The molecule has 7 aromatic rings. The second kappa shape index (κ2) is 13.4. The van der Waals surface area contributed by atoms with Crippen molar-refractivity contribution in [3.05, 3.63) is 221 Å². The normalized spacial score (nSPS) is 18.9. The van der Waals surface area contributed by atoms with Gasteiger partial charge in [0.2, 0.25) is 6.71 Å². The predicted octanol–water partition coefficient (Wildman–Crippen LogP) is 12.0. The summed E-state index contributed by atoms with van der Waals surface area (Å²) >= 11 is 0. The molecule has 0 aromatic heterocycles. The van der Waals surface area contributed by atoms with Crippen LogP contribution in [0, 0.1) is 37.0 Å². The molecule has 282 valence electrons. The van der Waals surface area contributed by atoms with Crippen molar-refractivity contribution >= 4 is 56.5 Å². The lowest BCUT2D eigenvalue weighted by atomic mass is 9.32. The number of aryl methyl sites for hydroxylation is 2. The van der Waals surface area contributed by atoms with Gasteiger partial charge in [-0.1, -0.05) is 169 Å². The van der Waals surface area contributed by atoms with Crippen LogP contribution in [0.3, 0.4) is 0 Å². The van der Waals surface area contributed by atoms with E-state index in [4.69, 9.17) is 0 Å². The van der Waals surface area contributed by atoms with Gasteiger partial charge in [0.05, 0.1) is 17.3 Å². The fourth-order valence-corrected chi connectivity index (χ4v) is 11.4. The van der Waals surface area contributed by atoms with Gasteiger partial charge in [-0.3, -0.25) is 0 Å². The molecule has 0 saturated carbocycles. The van der Waals surface area contributed by atoms with Gasteiger partial charge in [-0.2, -0.15) is 5.26 Å². The summed E-state index contributed by atoms with van der Waals surface area (Å²) in [4.78, 5) is 2.53. The second-order valence-electron chi connectivity index (χ2n) is 17.1. The van der Waals surface area contributed by atoms with E-state index in [1.54, 1.807) is 0 Å². The van der Waals surface area contributed by atoms with Crippen LogP contribution in [0.25, 0.3) is 38.6 Å². The highest BCUT2D eigenvalue weighted by Gasteiger charge is 2.45. The van der Waals surface area contributed by atoms with E-state index in [9.17, 15) is 5.26 Å². The smallest absolute Gasteiger partial charge is 0.248 e. The Morgan fingerprint density at radius 3 is 2.22 bits per heavy atom. The Balaban J connectivity index is 1.23. The van der Waals surface area contributed by atoms with Crippen LogP contribution in [-0.2, 0) is 0 Å². The molecule has 3 heteroatoms. The quantitative estimate of drug-likeness (QED) is 0.167. The fraction of sp³-hybridized carbons (Fsp3) is 0.105. The van der Waals surface area contributed by atoms with Crippen LogP contribution in [0.2, 0.25) is 0 Å². The van der Waals surface area contributed by atoms with E-state index in [-0.39, 0.29) is 24.5 Å². The summed E-state index contributed by atoms with van der Waals surface area (Å²) in [5.74, 6) is 0.589. The molecule has 5 aliphatic rings. The molecule has 12 rings (SSSR count). The first kappa shape index (κ1) is 34.9. The molecule has 0 N–H and O–H groups in total. The fourth-order valence-electron chi connectivity index (χ4n) is 11.4. The number of hydrogen-bond acceptors (Lipinski definition) is 2. The molecule has 7 aromatic carbocycles. The Morgan fingerprint density at radius 1 is 0.650 bits per heavy atom. The summed E-state index contributed by atoms with van der Waals surface area (Å²) < 4.78 is 0. The Hall–Kier alpha value is -7.15. The number of fused-ring (bicyclic) bond motifs is 6. The van der Waals surface area contributed by atoms with E-state index in [0.29, 0.717) is 5.56 Å². The Morgan fingerprint density at radius 2 is 1.43 bits per heavy atom. The van der Waals surface area contributed by atoms with Crippen LogP contribution in [0.1, 0.15) is 45.7 Å². The lowest BCUT2D eigenvalue weighted by Gasteiger charge is -2.44. The molecule has 2 heterocycles. The first-order chi connectivity index (χ1) is 29.6. The van der Waals surface area contributed by atoms with Crippen molar-refractivity contribution in [1.29, 1.82) is 5.26 Å². The summed E-state index contributed by atoms with van der Waals surface area (Å²) in [7, 11) is 0. The van der Waals surface area contributed by atoms with Gasteiger partial charge < -0.3 is 4.90 Å². The van der Waals surface area contributed by atoms with Gasteiger partial charge in [-0.15, -0.1) is 0 Å². The number of nitrogens with zero attached hydrogens (tertiary/aromatic N) is 2. The number of rotatable bonds is 4. The standard InChI is InChI=1S/C57H41BN2/c1-35-16-14-17-36(2)57(35)60-51-33-47-46(53(39-20-8-4-9-21-39)43-24-12-13-25-44(43)54(47)40-22-10-5-11-23-40)32-50(51)58-49-29-28-41(38-18-6-3-7-19-38)42-26-15-27-45(55(42)49)48-30-37(34-59)31-52(60)56(48)58/h3-20,22-33,39,44,54H,21H2,1-2H3. The highest BCUT2D eigenvalue weighted by Crippen LogP contribution is 2.54. The monoisotopic (exact) mass is 764 g/mol. The minimum atomic E-state index is -0.0476. The van der Waals surface area contributed by atoms with Crippen molar-refractivity contribution in [1.82, 2.24) is 0 Å². The van der Waals surface area contributed by atoms with Crippen LogP contribution in [0.5, 0.6) is 0 Å². The maximum absolute atomic E-state index is 10.8. The van der Waals surface area contributed by atoms with E-state index in [1.807, 2.05) is 0 Å². The molecule has 0 amide bonds. The number of para-hydroxylation sites is 1. The lowest BCUT2D eigenvalue weighted by molar-refractivity contribution is 0.636. The summed E-state index contributed by atoms with van der Waals surface area (Å²) in [6.45, 7) is 4.42. The molecule has 0 radical (unpaired) electrons. The highest BCUT2D eigenvalue weighted by molar-refractivity contribution is 7.01. The van der Waals surface area contributed by atoms with Gasteiger partial charge in [0.1, 0.15) is 0 Å². The van der Waals surface area contributed by atoms with Gasteiger partial charge in [0.25, 0.3) is 0 Å². The minimum Gasteiger partial charge on any atom is -0.311 e. The third-order valence-corrected chi connectivity index (χ3v) is 13.9.